The third kappa shape index (κ3) is 3.05. The fourth-order valence-electron chi connectivity index (χ4n) is 0.972. The summed E-state index contributed by atoms with van der Waals surface area (Å²) in [4.78, 5) is 13.4. The van der Waals surface area contributed by atoms with E-state index in [-0.39, 0.29) is 9.13 Å². The zero-order chi connectivity index (χ0) is 11.6. The molecule has 0 saturated carbocycles. The summed E-state index contributed by atoms with van der Waals surface area (Å²) < 4.78 is 37.4. The van der Waals surface area contributed by atoms with E-state index in [1.54, 1.807) is 0 Å². The summed E-state index contributed by atoms with van der Waals surface area (Å²) in [5, 5.41) is 8.48. The van der Waals surface area contributed by atoms with E-state index in [0.29, 0.717) is 0 Å². The summed E-state index contributed by atoms with van der Waals surface area (Å²) >= 11 is 1.53. The minimum atomic E-state index is -2.91. The van der Waals surface area contributed by atoms with Gasteiger partial charge >= 0.3 is 5.97 Å². The van der Waals surface area contributed by atoms with Gasteiger partial charge in [0.15, 0.2) is 0 Å². The second kappa shape index (κ2) is 4.77. The molecule has 0 aliphatic rings. The van der Waals surface area contributed by atoms with Gasteiger partial charge in [-0.05, 0) is 34.2 Å². The number of carbonyl (C=O) groups is 1. The number of aromatic nitrogens is 1. The van der Waals surface area contributed by atoms with Crippen LogP contribution in [0.2, 0.25) is 0 Å². The number of halogens is 4. The van der Waals surface area contributed by atoms with E-state index in [9.17, 15) is 18.0 Å². The predicted molar refractivity (Wildman–Crippen MR) is 53.2 cm³/mol. The monoisotopic (exact) mass is 331 g/mol. The fraction of sp³-hybridized carbons (Fsp3) is 0.250. The van der Waals surface area contributed by atoms with Gasteiger partial charge in [0, 0.05) is 0 Å². The molecule has 1 rings (SSSR count). The molecule has 0 radical (unpaired) electrons. The Balaban J connectivity index is 3.18. The first kappa shape index (κ1) is 12.2. The van der Waals surface area contributed by atoms with Crippen LogP contribution in [0.15, 0.2) is 6.07 Å². The van der Waals surface area contributed by atoms with Crippen molar-refractivity contribution in [2.75, 3.05) is 0 Å². The molecule has 1 aromatic rings. The van der Waals surface area contributed by atoms with Gasteiger partial charge in [0.05, 0.1) is 9.99 Å². The highest BCUT2D eigenvalue weighted by Gasteiger charge is 2.17. The largest absolute Gasteiger partial charge is 0.481 e. The van der Waals surface area contributed by atoms with E-state index in [0.717, 1.165) is 6.07 Å². The molecule has 0 aliphatic carbocycles. The van der Waals surface area contributed by atoms with Crippen LogP contribution in [0.1, 0.15) is 17.7 Å². The molecule has 0 amide bonds. The van der Waals surface area contributed by atoms with Crippen molar-refractivity contribution in [2.45, 2.75) is 12.8 Å². The molecule has 0 unspecified atom stereocenters. The number of carboxylic acid groups (broad SMARTS) is 1. The van der Waals surface area contributed by atoms with Crippen molar-refractivity contribution in [2.24, 2.45) is 0 Å². The van der Waals surface area contributed by atoms with E-state index in [4.69, 9.17) is 5.11 Å². The predicted octanol–water partition coefficient (Wildman–Crippen LogP) is 2.39. The first-order chi connectivity index (χ1) is 6.91. The standard InChI is InChI=1S/C8H5F3INO2/c9-7(10)4-1-3(2-5(14)15)6(12)8(11)13-4/h1,7H,2H2,(H,14,15). The summed E-state index contributed by atoms with van der Waals surface area (Å²) in [7, 11) is 0. The van der Waals surface area contributed by atoms with Gasteiger partial charge in [0.2, 0.25) is 5.95 Å². The third-order valence-electron chi connectivity index (χ3n) is 1.58. The second-order valence-electron chi connectivity index (χ2n) is 2.68. The molecule has 0 aliphatic heterocycles. The van der Waals surface area contributed by atoms with Gasteiger partial charge in [-0.1, -0.05) is 0 Å². The Bertz CT molecular complexity index is 398. The summed E-state index contributed by atoms with van der Waals surface area (Å²) in [6.45, 7) is 0. The van der Waals surface area contributed by atoms with E-state index in [1.165, 1.54) is 22.6 Å². The molecule has 15 heavy (non-hydrogen) atoms. The van der Waals surface area contributed by atoms with Gasteiger partial charge in [-0.2, -0.15) is 4.39 Å². The Morgan fingerprint density at radius 2 is 2.20 bits per heavy atom. The number of carboxylic acids is 1. The second-order valence-corrected chi connectivity index (χ2v) is 3.76. The first-order valence-electron chi connectivity index (χ1n) is 3.76. The average molecular weight is 331 g/mol. The molecule has 0 spiro atoms. The highest BCUT2D eigenvalue weighted by molar-refractivity contribution is 14.1. The Hall–Kier alpha value is -0.860. The maximum atomic E-state index is 13.0. The van der Waals surface area contributed by atoms with E-state index in [1.807, 2.05) is 0 Å². The lowest BCUT2D eigenvalue weighted by molar-refractivity contribution is -0.136. The maximum absolute atomic E-state index is 13.0. The molecular formula is C8H5F3INO2. The van der Waals surface area contributed by atoms with Gasteiger partial charge in [0.25, 0.3) is 6.43 Å². The average Bonchev–Trinajstić information content (AvgIpc) is 2.11. The molecule has 7 heteroatoms. The molecule has 3 nitrogen and oxygen atoms in total. The van der Waals surface area contributed by atoms with Crippen LogP contribution in [0.4, 0.5) is 13.2 Å². The fourth-order valence-corrected chi connectivity index (χ4v) is 1.44. The first-order valence-corrected chi connectivity index (χ1v) is 4.84. The van der Waals surface area contributed by atoms with Gasteiger partial charge in [-0.3, -0.25) is 4.79 Å². The number of hydrogen-bond donors (Lipinski definition) is 1. The number of nitrogens with zero attached hydrogens (tertiary/aromatic N) is 1. The Kier molecular flexibility index (Phi) is 3.89. The highest BCUT2D eigenvalue weighted by atomic mass is 127. The highest BCUT2D eigenvalue weighted by Crippen LogP contribution is 2.22. The van der Waals surface area contributed by atoms with Crippen LogP contribution in [0.25, 0.3) is 0 Å². The van der Waals surface area contributed by atoms with Crippen LogP contribution in [-0.2, 0) is 11.2 Å². The number of pyridine rings is 1. The molecule has 0 saturated heterocycles. The zero-order valence-electron chi connectivity index (χ0n) is 7.18. The lowest BCUT2D eigenvalue weighted by Gasteiger charge is -2.05. The van der Waals surface area contributed by atoms with Crippen LogP contribution >= 0.6 is 22.6 Å². The van der Waals surface area contributed by atoms with Crippen molar-refractivity contribution < 1.29 is 23.1 Å². The SMILES string of the molecule is O=C(O)Cc1cc(C(F)F)nc(F)c1I. The smallest absolute Gasteiger partial charge is 0.307 e. The van der Waals surface area contributed by atoms with Crippen LogP contribution < -0.4 is 0 Å². The molecule has 1 heterocycles. The van der Waals surface area contributed by atoms with Crippen molar-refractivity contribution in [3.05, 3.63) is 26.8 Å². The van der Waals surface area contributed by atoms with Gasteiger partial charge in [-0.25, -0.2) is 13.8 Å². The summed E-state index contributed by atoms with van der Waals surface area (Å²) in [5.74, 6) is -2.27. The lowest BCUT2D eigenvalue weighted by Crippen LogP contribution is -2.07. The number of hydrogen-bond acceptors (Lipinski definition) is 2. The van der Waals surface area contributed by atoms with E-state index in [2.05, 4.69) is 4.98 Å². The van der Waals surface area contributed by atoms with Crippen molar-refractivity contribution >= 4 is 28.6 Å². The summed E-state index contributed by atoms with van der Waals surface area (Å²) in [6, 6.07) is 0.906. The Morgan fingerprint density at radius 1 is 1.60 bits per heavy atom. The quantitative estimate of drug-likeness (QED) is 0.684. The summed E-state index contributed by atoms with van der Waals surface area (Å²) in [5.41, 5.74) is -0.741. The number of alkyl halides is 2. The minimum absolute atomic E-state index is 0.00546. The molecule has 1 N–H and O–H groups in total. The molecular weight excluding hydrogens is 326 g/mol. The van der Waals surface area contributed by atoms with Crippen LogP contribution in [-0.4, -0.2) is 16.1 Å². The van der Waals surface area contributed by atoms with E-state index >= 15 is 0 Å². The molecule has 82 valence electrons. The summed E-state index contributed by atoms with van der Waals surface area (Å²) in [6.07, 6.45) is -3.42. The normalized spacial score (nSPS) is 10.7. The van der Waals surface area contributed by atoms with Crippen LogP contribution in [0, 0.1) is 9.52 Å². The van der Waals surface area contributed by atoms with Crippen molar-refractivity contribution in [1.29, 1.82) is 0 Å². The van der Waals surface area contributed by atoms with Crippen molar-refractivity contribution in [3.63, 3.8) is 0 Å². The molecule has 0 fully saturated rings. The molecule has 1 aromatic heterocycles. The van der Waals surface area contributed by atoms with Gasteiger partial charge < -0.3 is 5.11 Å². The third-order valence-corrected chi connectivity index (χ3v) is 2.72. The maximum Gasteiger partial charge on any atom is 0.307 e. The lowest BCUT2D eigenvalue weighted by atomic mass is 10.1. The Morgan fingerprint density at radius 3 is 2.67 bits per heavy atom. The van der Waals surface area contributed by atoms with Crippen molar-refractivity contribution in [1.82, 2.24) is 4.98 Å². The van der Waals surface area contributed by atoms with Crippen LogP contribution in [0.5, 0.6) is 0 Å². The number of aliphatic carboxylic acids is 1. The number of rotatable bonds is 3. The van der Waals surface area contributed by atoms with Gasteiger partial charge in [-0.15, -0.1) is 0 Å². The van der Waals surface area contributed by atoms with Gasteiger partial charge in [0.1, 0.15) is 5.69 Å². The van der Waals surface area contributed by atoms with E-state index < -0.39 is 30.5 Å². The molecule has 0 bridgehead atoms. The van der Waals surface area contributed by atoms with Crippen LogP contribution in [0.3, 0.4) is 0 Å². The zero-order valence-corrected chi connectivity index (χ0v) is 9.33. The minimum Gasteiger partial charge on any atom is -0.481 e. The molecule has 0 aromatic carbocycles. The topological polar surface area (TPSA) is 50.2 Å². The van der Waals surface area contributed by atoms with Crippen molar-refractivity contribution in [3.8, 4) is 0 Å². The molecule has 0 atom stereocenters. The Labute approximate surface area is 96.5 Å².